The molecule has 1 unspecified atom stereocenters. The fourth-order valence-corrected chi connectivity index (χ4v) is 4.57. The van der Waals surface area contributed by atoms with Crippen molar-refractivity contribution in [3.8, 4) is 5.75 Å². The minimum absolute atomic E-state index is 0.0975. The van der Waals surface area contributed by atoms with Gasteiger partial charge in [0.2, 0.25) is 0 Å². The van der Waals surface area contributed by atoms with E-state index in [4.69, 9.17) is 4.74 Å². The summed E-state index contributed by atoms with van der Waals surface area (Å²) in [7, 11) is -2.95. The summed E-state index contributed by atoms with van der Waals surface area (Å²) in [5.41, 5.74) is 0.687. The Kier molecular flexibility index (Phi) is 6.76. The Hall–Kier alpha value is -1.60. The van der Waals surface area contributed by atoms with Crippen LogP contribution in [0.25, 0.3) is 0 Å². The maximum atomic E-state index is 12.9. The second kappa shape index (κ2) is 9.06. The minimum Gasteiger partial charge on any atom is -0.494 e. The van der Waals surface area contributed by atoms with E-state index in [1.807, 2.05) is 4.90 Å². The highest BCUT2D eigenvalue weighted by Crippen LogP contribution is 2.23. The molecule has 2 heterocycles. The topological polar surface area (TPSA) is 66.9 Å². The summed E-state index contributed by atoms with van der Waals surface area (Å²) in [6, 6.07) is 7.51. The van der Waals surface area contributed by atoms with Crippen molar-refractivity contribution in [2.45, 2.75) is 38.1 Å². The molecule has 1 amide bonds. The molecule has 150 valence electrons. The fourth-order valence-electron chi connectivity index (χ4n) is 3.93. The third-order valence-corrected chi connectivity index (χ3v) is 6.37. The van der Waals surface area contributed by atoms with Crippen LogP contribution in [0.4, 0.5) is 0 Å². The quantitative estimate of drug-likeness (QED) is 0.633. The van der Waals surface area contributed by atoms with E-state index in [9.17, 15) is 13.2 Å². The van der Waals surface area contributed by atoms with E-state index < -0.39 is 9.84 Å². The van der Waals surface area contributed by atoms with E-state index in [1.54, 1.807) is 24.3 Å². The van der Waals surface area contributed by atoms with Gasteiger partial charge in [0.05, 0.1) is 12.4 Å². The number of hydrogen-bond acceptors (Lipinski definition) is 5. The molecule has 2 aliphatic rings. The molecule has 0 aromatic heterocycles. The fraction of sp³-hybridized carbons (Fsp3) is 0.650. The Labute approximate surface area is 162 Å². The highest BCUT2D eigenvalue weighted by Gasteiger charge is 2.31. The zero-order chi connectivity index (χ0) is 19.3. The van der Waals surface area contributed by atoms with Crippen molar-refractivity contribution >= 4 is 15.7 Å². The largest absolute Gasteiger partial charge is 0.494 e. The van der Waals surface area contributed by atoms with Gasteiger partial charge >= 0.3 is 0 Å². The van der Waals surface area contributed by atoms with Crippen molar-refractivity contribution < 1.29 is 17.9 Å². The van der Waals surface area contributed by atoms with Gasteiger partial charge in [-0.2, -0.15) is 0 Å². The van der Waals surface area contributed by atoms with Crippen molar-refractivity contribution in [2.75, 3.05) is 44.8 Å². The number of hydrogen-bond donors (Lipinski definition) is 0. The summed E-state index contributed by atoms with van der Waals surface area (Å²) >= 11 is 0. The summed E-state index contributed by atoms with van der Waals surface area (Å²) < 4.78 is 27.8. The Balaban J connectivity index is 1.51. The molecule has 0 spiro atoms. The normalized spacial score (nSPS) is 20.9. The number of sulfone groups is 1. The third kappa shape index (κ3) is 5.94. The molecule has 0 aliphatic carbocycles. The molecule has 0 radical (unpaired) electrons. The minimum atomic E-state index is -2.95. The molecule has 0 saturated carbocycles. The highest BCUT2D eigenvalue weighted by molar-refractivity contribution is 7.90. The van der Waals surface area contributed by atoms with Crippen molar-refractivity contribution in [3.63, 3.8) is 0 Å². The lowest BCUT2D eigenvalue weighted by Gasteiger charge is -2.28. The second-order valence-corrected chi connectivity index (χ2v) is 9.92. The van der Waals surface area contributed by atoms with Gasteiger partial charge in [-0.1, -0.05) is 0 Å². The van der Waals surface area contributed by atoms with Crippen LogP contribution >= 0.6 is 0 Å². The molecule has 27 heavy (non-hydrogen) atoms. The maximum Gasteiger partial charge on any atom is 0.254 e. The Morgan fingerprint density at radius 1 is 1.11 bits per heavy atom. The van der Waals surface area contributed by atoms with Gasteiger partial charge in [-0.05, 0) is 69.5 Å². The molecule has 7 heteroatoms. The zero-order valence-corrected chi connectivity index (χ0v) is 16.9. The highest BCUT2D eigenvalue weighted by atomic mass is 32.2. The predicted octanol–water partition coefficient (Wildman–Crippen LogP) is 2.20. The number of carbonyl (C=O) groups excluding carboxylic acids is 1. The lowest BCUT2D eigenvalue weighted by molar-refractivity contribution is 0.0708. The van der Waals surface area contributed by atoms with Gasteiger partial charge in [-0.3, -0.25) is 4.79 Å². The first kappa shape index (κ1) is 20.1. The van der Waals surface area contributed by atoms with Crippen LogP contribution in [-0.4, -0.2) is 75.0 Å². The Morgan fingerprint density at radius 3 is 2.48 bits per heavy atom. The van der Waals surface area contributed by atoms with Crippen LogP contribution in [0.3, 0.4) is 0 Å². The Morgan fingerprint density at radius 2 is 1.81 bits per heavy atom. The van der Waals surface area contributed by atoms with Crippen LogP contribution in [0.5, 0.6) is 5.75 Å². The van der Waals surface area contributed by atoms with Crippen molar-refractivity contribution in [3.05, 3.63) is 29.8 Å². The molecule has 2 saturated heterocycles. The molecule has 3 rings (SSSR count). The van der Waals surface area contributed by atoms with Crippen LogP contribution in [0.15, 0.2) is 24.3 Å². The summed E-state index contributed by atoms with van der Waals surface area (Å²) in [5, 5.41) is 0. The van der Waals surface area contributed by atoms with Gasteiger partial charge in [-0.15, -0.1) is 0 Å². The molecular weight excluding hydrogens is 364 g/mol. The van der Waals surface area contributed by atoms with Crippen LogP contribution in [0, 0.1) is 0 Å². The predicted molar refractivity (Wildman–Crippen MR) is 106 cm³/mol. The molecule has 1 aromatic carbocycles. The van der Waals surface area contributed by atoms with Crippen molar-refractivity contribution in [1.29, 1.82) is 0 Å². The Bertz CT molecular complexity index is 727. The monoisotopic (exact) mass is 394 g/mol. The van der Waals surface area contributed by atoms with Crippen LogP contribution < -0.4 is 4.74 Å². The van der Waals surface area contributed by atoms with E-state index >= 15 is 0 Å². The molecule has 2 fully saturated rings. The summed E-state index contributed by atoms with van der Waals surface area (Å²) in [4.78, 5) is 17.4. The average Bonchev–Trinajstić information content (AvgIpc) is 3.30. The smallest absolute Gasteiger partial charge is 0.254 e. The molecule has 1 atom stereocenters. The second-order valence-electron chi connectivity index (χ2n) is 7.66. The van der Waals surface area contributed by atoms with E-state index in [1.165, 1.54) is 19.1 Å². The van der Waals surface area contributed by atoms with E-state index in [-0.39, 0.29) is 11.7 Å². The van der Waals surface area contributed by atoms with Gasteiger partial charge in [0.1, 0.15) is 15.6 Å². The van der Waals surface area contributed by atoms with Gasteiger partial charge in [0.25, 0.3) is 5.91 Å². The first-order valence-corrected chi connectivity index (χ1v) is 11.9. The first-order valence-electron chi connectivity index (χ1n) is 9.86. The van der Waals surface area contributed by atoms with Gasteiger partial charge in [0, 0.05) is 31.0 Å². The first-order chi connectivity index (χ1) is 12.9. The van der Waals surface area contributed by atoms with Gasteiger partial charge in [0.15, 0.2) is 0 Å². The number of likely N-dealkylation sites (tertiary alicyclic amines) is 2. The van der Waals surface area contributed by atoms with Crippen LogP contribution in [0.2, 0.25) is 0 Å². The third-order valence-electron chi connectivity index (χ3n) is 5.34. The maximum absolute atomic E-state index is 12.9. The van der Waals surface area contributed by atoms with E-state index in [2.05, 4.69) is 4.90 Å². The SMILES string of the molecule is CS(=O)(=O)CCCOc1ccc(C(=O)N2CCCC2CN2CCCC2)cc1. The van der Waals surface area contributed by atoms with Crippen LogP contribution in [-0.2, 0) is 9.84 Å². The number of benzene rings is 1. The molecule has 0 bridgehead atoms. The lowest BCUT2D eigenvalue weighted by Crippen LogP contribution is -2.42. The number of rotatable bonds is 8. The number of ether oxygens (including phenoxy) is 1. The standard InChI is InChI=1S/C20H30N2O4S/c1-27(24,25)15-5-14-26-19-9-7-17(8-10-19)20(23)22-13-4-6-18(22)16-21-11-2-3-12-21/h7-10,18H,2-6,11-16H2,1H3. The molecule has 0 N–H and O–H groups in total. The lowest BCUT2D eigenvalue weighted by atomic mass is 10.1. The van der Waals surface area contributed by atoms with E-state index in [0.717, 1.165) is 39.0 Å². The molecule has 2 aliphatic heterocycles. The summed E-state index contributed by atoms with van der Waals surface area (Å²) in [6.07, 6.45) is 6.39. The number of carbonyl (C=O) groups is 1. The van der Waals surface area contributed by atoms with Crippen molar-refractivity contribution in [2.24, 2.45) is 0 Å². The average molecular weight is 395 g/mol. The molecular formula is C20H30N2O4S. The summed E-state index contributed by atoms with van der Waals surface area (Å²) in [5.74, 6) is 0.882. The van der Waals surface area contributed by atoms with Gasteiger partial charge in [-0.25, -0.2) is 8.42 Å². The molecule has 6 nitrogen and oxygen atoms in total. The zero-order valence-electron chi connectivity index (χ0n) is 16.1. The summed E-state index contributed by atoms with van der Waals surface area (Å²) in [6.45, 7) is 4.49. The molecule has 1 aromatic rings. The van der Waals surface area contributed by atoms with E-state index in [0.29, 0.717) is 30.4 Å². The van der Waals surface area contributed by atoms with Crippen molar-refractivity contribution in [1.82, 2.24) is 9.80 Å². The number of amides is 1. The van der Waals surface area contributed by atoms with Crippen LogP contribution in [0.1, 0.15) is 42.5 Å². The van der Waals surface area contributed by atoms with Gasteiger partial charge < -0.3 is 14.5 Å². The number of nitrogens with zero attached hydrogens (tertiary/aromatic N) is 2.